The summed E-state index contributed by atoms with van der Waals surface area (Å²) in [5.41, 5.74) is 0.0363. The molecule has 1 aromatic carbocycles. The molecule has 0 bridgehead atoms. The second-order valence-corrected chi connectivity index (χ2v) is 6.15. The van der Waals surface area contributed by atoms with Crippen LogP contribution in [0.4, 0.5) is 10.8 Å². The average molecular weight is 309 g/mol. The number of carbonyl (C=O) groups is 1. The van der Waals surface area contributed by atoms with Gasteiger partial charge in [0, 0.05) is 28.6 Å². The standard InChI is InChI=1S/C12H11N3O3S2/c1-8(11(16)14-12-13-6-7-19-12)20-10-4-2-9(3-5-10)15(17)18/h2-8H,1H3,(H,13,14,16). The Balaban J connectivity index is 1.95. The van der Waals surface area contributed by atoms with E-state index >= 15 is 0 Å². The number of amides is 1. The molecule has 1 aromatic heterocycles. The Morgan fingerprint density at radius 1 is 1.45 bits per heavy atom. The number of aromatic nitrogens is 1. The summed E-state index contributed by atoms with van der Waals surface area (Å²) in [7, 11) is 0. The van der Waals surface area contributed by atoms with Gasteiger partial charge in [0.2, 0.25) is 5.91 Å². The molecular weight excluding hydrogens is 298 g/mol. The van der Waals surface area contributed by atoms with Gasteiger partial charge in [-0.15, -0.1) is 23.1 Å². The van der Waals surface area contributed by atoms with Crippen molar-refractivity contribution in [3.63, 3.8) is 0 Å². The predicted molar refractivity (Wildman–Crippen MR) is 79.2 cm³/mol. The van der Waals surface area contributed by atoms with Gasteiger partial charge in [0.05, 0.1) is 10.2 Å². The number of anilines is 1. The SMILES string of the molecule is CC(Sc1ccc([N+](=O)[O-])cc1)C(=O)Nc1nccs1. The molecule has 0 spiro atoms. The van der Waals surface area contributed by atoms with Crippen molar-refractivity contribution in [3.05, 3.63) is 46.0 Å². The van der Waals surface area contributed by atoms with Crippen molar-refractivity contribution in [2.24, 2.45) is 0 Å². The molecule has 0 aliphatic carbocycles. The Hall–Kier alpha value is -1.93. The highest BCUT2D eigenvalue weighted by atomic mass is 32.2. The van der Waals surface area contributed by atoms with Gasteiger partial charge in [0.25, 0.3) is 5.69 Å². The van der Waals surface area contributed by atoms with E-state index in [2.05, 4.69) is 10.3 Å². The molecule has 0 fully saturated rings. The zero-order chi connectivity index (χ0) is 14.5. The van der Waals surface area contributed by atoms with E-state index in [1.165, 1.54) is 35.2 Å². The molecule has 8 heteroatoms. The van der Waals surface area contributed by atoms with Crippen LogP contribution in [0.1, 0.15) is 6.92 Å². The van der Waals surface area contributed by atoms with Crippen LogP contribution in [0, 0.1) is 10.1 Å². The van der Waals surface area contributed by atoms with E-state index in [1.54, 1.807) is 30.6 Å². The third-order valence-electron chi connectivity index (χ3n) is 2.39. The molecule has 1 heterocycles. The molecular formula is C12H11N3O3S2. The Kier molecular flexibility index (Phi) is 4.70. The van der Waals surface area contributed by atoms with Crippen molar-refractivity contribution in [1.29, 1.82) is 0 Å². The van der Waals surface area contributed by atoms with Crippen LogP contribution in [0.5, 0.6) is 0 Å². The summed E-state index contributed by atoms with van der Waals surface area (Å²) in [5, 5.41) is 15.3. The molecule has 1 N–H and O–H groups in total. The lowest BCUT2D eigenvalue weighted by atomic mass is 10.3. The molecule has 0 aliphatic rings. The summed E-state index contributed by atoms with van der Waals surface area (Å²) < 4.78 is 0. The van der Waals surface area contributed by atoms with Crippen LogP contribution in [-0.4, -0.2) is 21.1 Å². The smallest absolute Gasteiger partial charge is 0.269 e. The van der Waals surface area contributed by atoms with Gasteiger partial charge in [-0.3, -0.25) is 14.9 Å². The Labute approximate surface area is 123 Å². The first-order chi connectivity index (χ1) is 9.56. The van der Waals surface area contributed by atoms with Crippen LogP contribution in [0.3, 0.4) is 0 Å². The normalized spacial score (nSPS) is 11.8. The summed E-state index contributed by atoms with van der Waals surface area (Å²) >= 11 is 2.69. The number of nitrogens with zero attached hydrogens (tertiary/aromatic N) is 2. The first-order valence-electron chi connectivity index (χ1n) is 5.68. The maximum absolute atomic E-state index is 11.9. The third kappa shape index (κ3) is 3.78. The van der Waals surface area contributed by atoms with Crippen LogP contribution >= 0.6 is 23.1 Å². The molecule has 2 aromatic rings. The van der Waals surface area contributed by atoms with Crippen LogP contribution in [-0.2, 0) is 4.79 Å². The lowest BCUT2D eigenvalue weighted by Gasteiger charge is -2.10. The number of nitro groups is 1. The van der Waals surface area contributed by atoms with Gasteiger partial charge in [0.1, 0.15) is 0 Å². The fraction of sp³-hybridized carbons (Fsp3) is 0.167. The highest BCUT2D eigenvalue weighted by molar-refractivity contribution is 8.00. The maximum Gasteiger partial charge on any atom is 0.269 e. The minimum Gasteiger partial charge on any atom is -0.301 e. The number of thiazole rings is 1. The number of hydrogen-bond donors (Lipinski definition) is 1. The van der Waals surface area contributed by atoms with E-state index in [-0.39, 0.29) is 16.8 Å². The first kappa shape index (κ1) is 14.5. The van der Waals surface area contributed by atoms with Crippen molar-refractivity contribution in [2.45, 2.75) is 17.1 Å². The number of hydrogen-bond acceptors (Lipinski definition) is 6. The predicted octanol–water partition coefficient (Wildman–Crippen LogP) is 3.17. The Morgan fingerprint density at radius 3 is 2.70 bits per heavy atom. The van der Waals surface area contributed by atoms with E-state index in [0.29, 0.717) is 5.13 Å². The van der Waals surface area contributed by atoms with Gasteiger partial charge in [0.15, 0.2) is 5.13 Å². The van der Waals surface area contributed by atoms with Gasteiger partial charge in [-0.1, -0.05) is 0 Å². The molecule has 2 rings (SSSR count). The van der Waals surface area contributed by atoms with Gasteiger partial charge in [-0.25, -0.2) is 4.98 Å². The van der Waals surface area contributed by atoms with Crippen molar-refractivity contribution >= 4 is 39.8 Å². The highest BCUT2D eigenvalue weighted by Crippen LogP contribution is 2.26. The van der Waals surface area contributed by atoms with Crippen molar-refractivity contribution in [3.8, 4) is 0 Å². The molecule has 1 unspecified atom stereocenters. The quantitative estimate of drug-likeness (QED) is 0.521. The molecule has 104 valence electrons. The monoisotopic (exact) mass is 309 g/mol. The number of nitro benzene ring substituents is 1. The number of non-ortho nitro benzene ring substituents is 1. The lowest BCUT2D eigenvalue weighted by Crippen LogP contribution is -2.22. The van der Waals surface area contributed by atoms with E-state index in [1.807, 2.05) is 0 Å². The van der Waals surface area contributed by atoms with Crippen molar-refractivity contribution < 1.29 is 9.72 Å². The van der Waals surface area contributed by atoms with E-state index in [4.69, 9.17) is 0 Å². The van der Waals surface area contributed by atoms with Crippen molar-refractivity contribution in [2.75, 3.05) is 5.32 Å². The summed E-state index contributed by atoms with van der Waals surface area (Å²) in [4.78, 5) is 26.8. The van der Waals surface area contributed by atoms with Gasteiger partial charge in [-0.2, -0.15) is 0 Å². The van der Waals surface area contributed by atoms with E-state index in [0.717, 1.165) is 4.90 Å². The minimum absolute atomic E-state index is 0.0363. The second kappa shape index (κ2) is 6.49. The highest BCUT2D eigenvalue weighted by Gasteiger charge is 2.16. The molecule has 0 aliphatic heterocycles. The summed E-state index contributed by atoms with van der Waals surface area (Å²) in [6, 6.07) is 6.12. The summed E-state index contributed by atoms with van der Waals surface area (Å²) in [6.07, 6.45) is 1.62. The number of rotatable bonds is 5. The molecule has 0 radical (unpaired) electrons. The van der Waals surface area contributed by atoms with Gasteiger partial charge < -0.3 is 5.32 Å². The Bertz CT molecular complexity index is 599. The van der Waals surface area contributed by atoms with Gasteiger partial charge in [-0.05, 0) is 19.1 Å². The zero-order valence-corrected chi connectivity index (χ0v) is 12.1. The zero-order valence-electron chi connectivity index (χ0n) is 10.5. The maximum atomic E-state index is 11.9. The second-order valence-electron chi connectivity index (χ2n) is 3.84. The fourth-order valence-electron chi connectivity index (χ4n) is 1.40. The van der Waals surface area contributed by atoms with Crippen LogP contribution in [0.15, 0.2) is 40.7 Å². The molecule has 1 amide bonds. The number of carbonyl (C=O) groups excluding carboxylic acids is 1. The van der Waals surface area contributed by atoms with Crippen molar-refractivity contribution in [1.82, 2.24) is 4.98 Å². The van der Waals surface area contributed by atoms with E-state index < -0.39 is 4.92 Å². The van der Waals surface area contributed by atoms with E-state index in [9.17, 15) is 14.9 Å². The van der Waals surface area contributed by atoms with Gasteiger partial charge >= 0.3 is 0 Å². The van der Waals surface area contributed by atoms with Crippen LogP contribution in [0.25, 0.3) is 0 Å². The number of nitrogens with one attached hydrogen (secondary N) is 1. The topological polar surface area (TPSA) is 85.1 Å². The Morgan fingerprint density at radius 2 is 2.15 bits per heavy atom. The van der Waals surface area contributed by atoms with Crippen LogP contribution in [0.2, 0.25) is 0 Å². The summed E-state index contributed by atoms with van der Waals surface area (Å²) in [5.74, 6) is -0.150. The molecule has 0 saturated heterocycles. The molecule has 20 heavy (non-hydrogen) atoms. The number of benzene rings is 1. The minimum atomic E-state index is -0.451. The third-order valence-corrected chi connectivity index (χ3v) is 4.19. The summed E-state index contributed by atoms with van der Waals surface area (Å²) in [6.45, 7) is 1.77. The molecule has 1 atom stereocenters. The first-order valence-corrected chi connectivity index (χ1v) is 7.43. The lowest BCUT2D eigenvalue weighted by molar-refractivity contribution is -0.384. The largest absolute Gasteiger partial charge is 0.301 e. The average Bonchev–Trinajstić information content (AvgIpc) is 2.92. The molecule has 0 saturated carbocycles. The number of thioether (sulfide) groups is 1. The molecule has 6 nitrogen and oxygen atoms in total. The fourth-order valence-corrected chi connectivity index (χ4v) is 2.80. The van der Waals surface area contributed by atoms with Crippen LogP contribution < -0.4 is 5.32 Å².